The van der Waals surface area contributed by atoms with E-state index in [1.807, 2.05) is 0 Å². The Morgan fingerprint density at radius 2 is 1.60 bits per heavy atom. The predicted octanol–water partition coefficient (Wildman–Crippen LogP) is 1.86. The van der Waals surface area contributed by atoms with E-state index in [9.17, 15) is 19.2 Å². The number of hydrogen-bond donors (Lipinski definition) is 0. The molecule has 7 nitrogen and oxygen atoms in total. The molecule has 30 heavy (non-hydrogen) atoms. The Balaban J connectivity index is 1.14. The van der Waals surface area contributed by atoms with Crippen molar-refractivity contribution in [3.05, 3.63) is 42.0 Å². The van der Waals surface area contributed by atoms with Gasteiger partial charge in [-0.15, -0.1) is 0 Å². The summed E-state index contributed by atoms with van der Waals surface area (Å²) < 4.78 is 10.1. The molecule has 0 N–H and O–H groups in total. The van der Waals surface area contributed by atoms with Crippen LogP contribution in [0.25, 0.3) is 0 Å². The number of nitrogens with zero attached hydrogens (tertiary/aromatic N) is 1. The van der Waals surface area contributed by atoms with Crippen molar-refractivity contribution in [2.24, 2.45) is 35.5 Å². The quantitative estimate of drug-likeness (QED) is 0.296. The number of allylic oxidation sites excluding steroid dienone is 2. The molecule has 2 amide bonds. The van der Waals surface area contributed by atoms with Gasteiger partial charge in [-0.25, -0.2) is 0 Å². The molecule has 1 heterocycles. The number of carbonyl (C=O) groups is 4. The van der Waals surface area contributed by atoms with Crippen molar-refractivity contribution in [1.82, 2.24) is 4.90 Å². The van der Waals surface area contributed by atoms with E-state index in [0.29, 0.717) is 23.1 Å². The van der Waals surface area contributed by atoms with Gasteiger partial charge < -0.3 is 9.47 Å². The molecule has 1 saturated heterocycles. The Morgan fingerprint density at radius 1 is 1.00 bits per heavy atom. The number of rotatable bonds is 7. The molecule has 0 aromatic heterocycles. The monoisotopic (exact) mass is 409 g/mol. The van der Waals surface area contributed by atoms with Gasteiger partial charge >= 0.3 is 5.97 Å². The zero-order chi connectivity index (χ0) is 21.0. The predicted molar refractivity (Wildman–Crippen MR) is 104 cm³/mol. The van der Waals surface area contributed by atoms with Crippen molar-refractivity contribution < 1.29 is 28.7 Å². The van der Waals surface area contributed by atoms with E-state index in [-0.39, 0.29) is 60.8 Å². The number of Topliss-reactive ketones (excluding diaryl/α,β-unsaturated/α-hetero) is 1. The van der Waals surface area contributed by atoms with Crippen LogP contribution in [0.4, 0.5) is 0 Å². The van der Waals surface area contributed by atoms with E-state index in [0.717, 1.165) is 6.42 Å². The highest BCUT2D eigenvalue weighted by atomic mass is 16.5. The molecule has 1 aliphatic heterocycles. The Morgan fingerprint density at radius 3 is 2.17 bits per heavy atom. The number of esters is 1. The lowest BCUT2D eigenvalue weighted by atomic mass is 9.63. The van der Waals surface area contributed by atoms with Crippen LogP contribution in [0.5, 0.6) is 5.75 Å². The lowest BCUT2D eigenvalue weighted by Crippen LogP contribution is -2.40. The summed E-state index contributed by atoms with van der Waals surface area (Å²) in [6, 6.07) is 6.52. The molecule has 3 fully saturated rings. The molecule has 6 atom stereocenters. The maximum Gasteiger partial charge on any atom is 0.308 e. The third-order valence-electron chi connectivity index (χ3n) is 7.07. The van der Waals surface area contributed by atoms with Gasteiger partial charge in [-0.1, -0.05) is 12.2 Å². The van der Waals surface area contributed by atoms with Gasteiger partial charge in [0.25, 0.3) is 0 Å². The summed E-state index contributed by atoms with van der Waals surface area (Å²) in [6.45, 7) is -0.370. The number of ether oxygens (including phenoxy) is 2. The van der Waals surface area contributed by atoms with Gasteiger partial charge in [0.05, 0.1) is 25.4 Å². The minimum absolute atomic E-state index is 0.00893. The van der Waals surface area contributed by atoms with Crippen LogP contribution in [0.2, 0.25) is 0 Å². The van der Waals surface area contributed by atoms with E-state index >= 15 is 0 Å². The largest absolute Gasteiger partial charge is 0.497 e. The zero-order valence-corrected chi connectivity index (χ0v) is 16.7. The lowest BCUT2D eigenvalue weighted by Gasteiger charge is -2.37. The van der Waals surface area contributed by atoms with Crippen molar-refractivity contribution in [3.8, 4) is 5.75 Å². The topological polar surface area (TPSA) is 90.0 Å². The minimum atomic E-state index is -0.601. The lowest BCUT2D eigenvalue weighted by molar-refractivity contribution is -0.145. The average Bonchev–Trinajstić information content (AvgIpc) is 3.55. The summed E-state index contributed by atoms with van der Waals surface area (Å²) in [5.74, 6) is 0.301. The van der Waals surface area contributed by atoms with Gasteiger partial charge in [0.15, 0.2) is 12.4 Å². The van der Waals surface area contributed by atoms with Crippen LogP contribution in [0.15, 0.2) is 36.4 Å². The van der Waals surface area contributed by atoms with Crippen LogP contribution < -0.4 is 4.74 Å². The number of benzene rings is 1. The van der Waals surface area contributed by atoms with Crippen molar-refractivity contribution in [1.29, 1.82) is 0 Å². The first-order valence-electron chi connectivity index (χ1n) is 10.4. The SMILES string of the molecule is COc1ccc(C(=O)COC(=O)CCN2C(=O)[C@@H]3[C@H]4C=C[C@@H]([C@@H]5C[C@@H]45)[C@@H]3C2=O)cc1. The van der Waals surface area contributed by atoms with E-state index in [1.54, 1.807) is 24.3 Å². The fourth-order valence-electron chi connectivity index (χ4n) is 5.52. The molecule has 4 aliphatic carbocycles. The molecule has 2 bridgehead atoms. The van der Waals surface area contributed by atoms with E-state index in [1.165, 1.54) is 12.0 Å². The maximum atomic E-state index is 12.9. The van der Waals surface area contributed by atoms with E-state index < -0.39 is 5.97 Å². The summed E-state index contributed by atoms with van der Waals surface area (Å²) in [6.07, 6.45) is 5.24. The van der Waals surface area contributed by atoms with E-state index in [4.69, 9.17) is 9.47 Å². The second kappa shape index (κ2) is 7.07. The van der Waals surface area contributed by atoms with Crippen molar-refractivity contribution in [2.45, 2.75) is 12.8 Å². The number of likely N-dealkylation sites (tertiary alicyclic amines) is 1. The van der Waals surface area contributed by atoms with Crippen LogP contribution in [-0.2, 0) is 19.1 Å². The fraction of sp³-hybridized carbons (Fsp3) is 0.478. The van der Waals surface area contributed by atoms with Crippen LogP contribution in [0.1, 0.15) is 23.2 Å². The summed E-state index contributed by atoms with van der Waals surface area (Å²) in [4.78, 5) is 51.2. The highest BCUT2D eigenvalue weighted by molar-refractivity contribution is 6.06. The number of methoxy groups -OCH3 is 1. The smallest absolute Gasteiger partial charge is 0.308 e. The first kappa shape index (κ1) is 19.0. The Bertz CT molecular complexity index is 915. The van der Waals surface area contributed by atoms with Crippen molar-refractivity contribution >= 4 is 23.6 Å². The second-order valence-corrected chi connectivity index (χ2v) is 8.55. The van der Waals surface area contributed by atoms with E-state index in [2.05, 4.69) is 12.2 Å². The third-order valence-corrected chi connectivity index (χ3v) is 7.07. The summed E-state index contributed by atoms with van der Waals surface area (Å²) in [5, 5.41) is 0. The standard InChI is InChI=1S/C23H23NO6/c1-29-13-4-2-12(3-5-13)18(25)11-30-19(26)8-9-24-22(27)20-14-6-7-15(17-10-16(14)17)21(20)23(24)28/h2-7,14-17,20-21H,8-11H2,1H3/t14-,15-,16-,17-,20-,21+/m0/s1. The van der Waals surface area contributed by atoms with Crippen LogP contribution in [-0.4, -0.2) is 48.7 Å². The first-order chi connectivity index (χ1) is 14.5. The van der Waals surface area contributed by atoms with Crippen molar-refractivity contribution in [2.75, 3.05) is 20.3 Å². The molecule has 0 radical (unpaired) electrons. The highest BCUT2D eigenvalue weighted by Gasteiger charge is 2.66. The Kier molecular flexibility index (Phi) is 4.49. The normalized spacial score (nSPS) is 32.6. The summed E-state index contributed by atoms with van der Waals surface area (Å²) in [7, 11) is 1.54. The highest BCUT2D eigenvalue weighted by Crippen LogP contribution is 2.65. The molecular weight excluding hydrogens is 386 g/mol. The third kappa shape index (κ3) is 2.95. The maximum absolute atomic E-state index is 12.9. The molecular formula is C23H23NO6. The van der Waals surface area contributed by atoms with Gasteiger partial charge in [0.1, 0.15) is 5.75 Å². The molecule has 1 aromatic rings. The fourth-order valence-corrected chi connectivity index (χ4v) is 5.52. The van der Waals surface area contributed by atoms with Gasteiger partial charge in [-0.3, -0.25) is 24.1 Å². The van der Waals surface area contributed by atoms with Crippen LogP contribution in [0.3, 0.4) is 0 Å². The van der Waals surface area contributed by atoms with Gasteiger partial charge in [-0.05, 0) is 54.4 Å². The molecule has 2 saturated carbocycles. The summed E-state index contributed by atoms with van der Waals surface area (Å²) in [5.41, 5.74) is 0.416. The zero-order valence-electron chi connectivity index (χ0n) is 16.7. The number of ketones is 1. The first-order valence-corrected chi connectivity index (χ1v) is 10.4. The molecule has 7 heteroatoms. The molecule has 1 aromatic carbocycles. The minimum Gasteiger partial charge on any atom is -0.497 e. The summed E-state index contributed by atoms with van der Waals surface area (Å²) >= 11 is 0. The van der Waals surface area contributed by atoms with Crippen LogP contribution >= 0.6 is 0 Å². The number of imide groups is 1. The molecule has 6 rings (SSSR count). The second-order valence-electron chi connectivity index (χ2n) is 8.55. The number of hydrogen-bond acceptors (Lipinski definition) is 6. The van der Waals surface area contributed by atoms with Gasteiger partial charge in [-0.2, -0.15) is 0 Å². The van der Waals surface area contributed by atoms with Gasteiger partial charge in [0.2, 0.25) is 11.8 Å². The number of carbonyl (C=O) groups excluding carboxylic acids is 4. The average molecular weight is 409 g/mol. The molecule has 0 unspecified atom stereocenters. The Hall–Kier alpha value is -2.96. The van der Waals surface area contributed by atoms with Gasteiger partial charge in [0, 0.05) is 12.1 Å². The van der Waals surface area contributed by atoms with Crippen molar-refractivity contribution in [3.63, 3.8) is 0 Å². The molecule has 156 valence electrons. The molecule has 0 spiro atoms. The Labute approximate surface area is 174 Å². The van der Waals surface area contributed by atoms with Crippen LogP contribution in [0, 0.1) is 35.5 Å². The molecule has 5 aliphatic rings. The number of amides is 2.